The highest BCUT2D eigenvalue weighted by Gasteiger charge is 2.27. The molecule has 1 fully saturated rings. The van der Waals surface area contributed by atoms with Crippen molar-refractivity contribution in [3.05, 3.63) is 64.2 Å². The molecule has 1 amide bonds. The van der Waals surface area contributed by atoms with Gasteiger partial charge in [-0.05, 0) is 43.4 Å². The zero-order valence-electron chi connectivity index (χ0n) is 14.7. The fourth-order valence-electron chi connectivity index (χ4n) is 3.57. The van der Waals surface area contributed by atoms with Crippen LogP contribution in [0.2, 0.25) is 0 Å². The Bertz CT molecular complexity index is 959. The van der Waals surface area contributed by atoms with E-state index in [2.05, 4.69) is 15.0 Å². The first-order valence-corrected chi connectivity index (χ1v) is 8.94. The minimum atomic E-state index is -0.386. The number of imidazole rings is 1. The van der Waals surface area contributed by atoms with Crippen LogP contribution >= 0.6 is 0 Å². The summed E-state index contributed by atoms with van der Waals surface area (Å²) in [6.45, 7) is 1.22. The summed E-state index contributed by atoms with van der Waals surface area (Å²) in [5.74, 6) is 0.529. The number of para-hydroxylation sites is 2. The van der Waals surface area contributed by atoms with E-state index in [0.717, 1.165) is 23.9 Å². The normalized spacial score (nSPS) is 15.2. The lowest BCUT2D eigenvalue weighted by Crippen LogP contribution is -2.39. The van der Waals surface area contributed by atoms with E-state index in [9.17, 15) is 14.9 Å². The summed E-state index contributed by atoms with van der Waals surface area (Å²) in [5.41, 5.74) is 2.21. The Balaban J connectivity index is 1.40. The average molecular weight is 365 g/mol. The Morgan fingerprint density at radius 2 is 2.00 bits per heavy atom. The van der Waals surface area contributed by atoms with Crippen LogP contribution in [0.3, 0.4) is 0 Å². The van der Waals surface area contributed by atoms with Gasteiger partial charge in [0.05, 0.1) is 16.0 Å². The Morgan fingerprint density at radius 3 is 2.74 bits per heavy atom. The Hall–Kier alpha value is -3.29. The van der Waals surface area contributed by atoms with E-state index in [1.54, 1.807) is 17.2 Å². The molecule has 1 aliphatic rings. The quantitative estimate of drug-likeness (QED) is 0.565. The summed E-state index contributed by atoms with van der Waals surface area (Å²) in [6, 6.07) is 10.6. The lowest BCUT2D eigenvalue weighted by molar-refractivity contribution is -0.386. The number of aromatic nitrogens is 3. The molecule has 0 radical (unpaired) electrons. The number of benzene rings is 1. The molecule has 0 spiro atoms. The third kappa shape index (κ3) is 3.51. The summed E-state index contributed by atoms with van der Waals surface area (Å²) in [4.78, 5) is 36.9. The van der Waals surface area contributed by atoms with Gasteiger partial charge >= 0.3 is 0 Å². The zero-order chi connectivity index (χ0) is 18.8. The maximum absolute atomic E-state index is 12.7. The molecule has 0 atom stereocenters. The van der Waals surface area contributed by atoms with Crippen LogP contribution in [0.5, 0.6) is 0 Å². The second-order valence-corrected chi connectivity index (χ2v) is 6.77. The molecule has 1 saturated heterocycles. The van der Waals surface area contributed by atoms with Gasteiger partial charge in [0.2, 0.25) is 0 Å². The number of nitro groups is 1. The highest BCUT2D eigenvalue weighted by atomic mass is 16.6. The van der Waals surface area contributed by atoms with Gasteiger partial charge in [0, 0.05) is 25.4 Å². The van der Waals surface area contributed by atoms with Crippen molar-refractivity contribution >= 4 is 22.6 Å². The van der Waals surface area contributed by atoms with Crippen molar-refractivity contribution in [1.82, 2.24) is 19.9 Å². The number of pyridine rings is 1. The number of rotatable bonds is 4. The van der Waals surface area contributed by atoms with Crippen LogP contribution < -0.4 is 0 Å². The van der Waals surface area contributed by atoms with Crippen molar-refractivity contribution in [2.75, 3.05) is 13.1 Å². The number of likely N-dealkylation sites (tertiary alicyclic amines) is 1. The molecule has 0 aliphatic carbocycles. The molecule has 1 N–H and O–H groups in total. The number of H-pyrrole nitrogens is 1. The number of aromatic amines is 1. The third-order valence-electron chi connectivity index (χ3n) is 5.04. The molecule has 8 nitrogen and oxygen atoms in total. The lowest BCUT2D eigenvalue weighted by atomic mass is 9.91. The van der Waals surface area contributed by atoms with Crippen LogP contribution in [0.25, 0.3) is 11.0 Å². The van der Waals surface area contributed by atoms with Crippen molar-refractivity contribution in [3.63, 3.8) is 0 Å². The van der Waals surface area contributed by atoms with Crippen molar-refractivity contribution in [2.45, 2.75) is 19.3 Å². The molecule has 0 unspecified atom stereocenters. The molecular weight excluding hydrogens is 346 g/mol. The fourth-order valence-corrected chi connectivity index (χ4v) is 3.57. The van der Waals surface area contributed by atoms with Crippen LogP contribution in [0.1, 0.15) is 29.2 Å². The van der Waals surface area contributed by atoms with Gasteiger partial charge in [-0.3, -0.25) is 19.9 Å². The molecule has 8 heteroatoms. The number of carbonyl (C=O) groups is 1. The maximum Gasteiger partial charge on any atom is 0.290 e. The lowest BCUT2D eigenvalue weighted by Gasteiger charge is -2.31. The molecule has 1 aliphatic heterocycles. The second kappa shape index (κ2) is 7.14. The molecule has 0 bridgehead atoms. The minimum absolute atomic E-state index is 0.0679. The molecule has 138 valence electrons. The van der Waals surface area contributed by atoms with Crippen LogP contribution in [-0.2, 0) is 6.42 Å². The van der Waals surface area contributed by atoms with Gasteiger partial charge < -0.3 is 9.88 Å². The second-order valence-electron chi connectivity index (χ2n) is 6.77. The number of nitrogens with zero attached hydrogens (tertiary/aromatic N) is 4. The van der Waals surface area contributed by atoms with Crippen molar-refractivity contribution in [3.8, 4) is 0 Å². The third-order valence-corrected chi connectivity index (χ3v) is 5.04. The van der Waals surface area contributed by atoms with E-state index >= 15 is 0 Å². The summed E-state index contributed by atoms with van der Waals surface area (Å²) in [6.07, 6.45) is 3.73. The highest BCUT2D eigenvalue weighted by molar-refractivity contribution is 5.94. The minimum Gasteiger partial charge on any atom is -0.336 e. The smallest absolute Gasteiger partial charge is 0.290 e. The number of amides is 1. The first-order valence-electron chi connectivity index (χ1n) is 8.94. The van der Waals surface area contributed by atoms with E-state index in [4.69, 9.17) is 0 Å². The molecule has 0 saturated carbocycles. The average Bonchev–Trinajstić information content (AvgIpc) is 3.12. The summed E-state index contributed by atoms with van der Waals surface area (Å²) in [5, 5.41) is 11.1. The van der Waals surface area contributed by atoms with Crippen molar-refractivity contribution in [2.24, 2.45) is 5.92 Å². The van der Waals surface area contributed by atoms with Crippen LogP contribution in [0, 0.1) is 16.0 Å². The van der Waals surface area contributed by atoms with Crippen LogP contribution in [0.4, 0.5) is 5.69 Å². The Labute approximate surface area is 155 Å². The molecule has 1 aromatic carbocycles. The van der Waals surface area contributed by atoms with Crippen molar-refractivity contribution in [1.29, 1.82) is 0 Å². The molecule has 3 heterocycles. The first-order chi connectivity index (χ1) is 13.1. The van der Waals surface area contributed by atoms with Crippen LogP contribution in [-0.4, -0.2) is 43.8 Å². The fraction of sp³-hybridized carbons (Fsp3) is 0.316. The van der Waals surface area contributed by atoms with Gasteiger partial charge in [0.25, 0.3) is 11.6 Å². The number of fused-ring (bicyclic) bond motifs is 1. The van der Waals surface area contributed by atoms with Crippen LogP contribution in [0.15, 0.2) is 42.6 Å². The number of carbonyl (C=O) groups excluding carboxylic acids is 1. The SMILES string of the molecule is O=C(c1nc2ccccc2[nH]1)N1CCC(Cc2ncccc2[N+](=O)[O-])CC1. The van der Waals surface area contributed by atoms with E-state index in [0.29, 0.717) is 31.0 Å². The predicted octanol–water partition coefficient (Wildman–Crippen LogP) is 2.96. The standard InChI is InChI=1S/C19H19N5O3/c25-19(18-21-14-4-1-2-5-15(14)22-18)23-10-7-13(8-11-23)12-16-17(24(26)27)6-3-9-20-16/h1-6,9,13H,7-8,10-12H2,(H,21,22). The molecule has 4 rings (SSSR count). The predicted molar refractivity (Wildman–Crippen MR) is 99.3 cm³/mol. The maximum atomic E-state index is 12.7. The van der Waals surface area contributed by atoms with Gasteiger partial charge in [0.15, 0.2) is 5.82 Å². The number of nitrogens with one attached hydrogen (secondary N) is 1. The largest absolute Gasteiger partial charge is 0.336 e. The number of hydrogen-bond donors (Lipinski definition) is 1. The van der Waals surface area contributed by atoms with Gasteiger partial charge in [-0.25, -0.2) is 4.98 Å². The Morgan fingerprint density at radius 1 is 1.22 bits per heavy atom. The summed E-state index contributed by atoms with van der Waals surface area (Å²) < 4.78 is 0. The van der Waals surface area contributed by atoms with Crippen molar-refractivity contribution < 1.29 is 9.72 Å². The zero-order valence-corrected chi connectivity index (χ0v) is 14.7. The van der Waals surface area contributed by atoms with Gasteiger partial charge in [-0.2, -0.15) is 0 Å². The topological polar surface area (TPSA) is 105 Å². The first kappa shape index (κ1) is 17.1. The van der Waals surface area contributed by atoms with E-state index in [1.165, 1.54) is 6.07 Å². The highest BCUT2D eigenvalue weighted by Crippen LogP contribution is 2.26. The molecule has 3 aromatic rings. The van der Waals surface area contributed by atoms with Gasteiger partial charge in [-0.1, -0.05) is 12.1 Å². The van der Waals surface area contributed by atoms with Gasteiger partial charge in [0.1, 0.15) is 5.69 Å². The molecule has 27 heavy (non-hydrogen) atoms. The summed E-state index contributed by atoms with van der Waals surface area (Å²) in [7, 11) is 0. The summed E-state index contributed by atoms with van der Waals surface area (Å²) >= 11 is 0. The monoisotopic (exact) mass is 365 g/mol. The van der Waals surface area contributed by atoms with E-state index in [1.807, 2.05) is 24.3 Å². The molecular formula is C19H19N5O3. The van der Waals surface area contributed by atoms with E-state index < -0.39 is 0 Å². The number of piperidine rings is 1. The van der Waals surface area contributed by atoms with Gasteiger partial charge in [-0.15, -0.1) is 0 Å². The number of hydrogen-bond acceptors (Lipinski definition) is 5. The van der Waals surface area contributed by atoms with E-state index in [-0.39, 0.29) is 22.4 Å². The molecule has 2 aromatic heterocycles. The Kier molecular flexibility index (Phi) is 4.53.